The second kappa shape index (κ2) is 10.6. The molecule has 1 saturated carbocycles. The highest BCUT2D eigenvalue weighted by atomic mass is 16.5. The number of nitrogens with one attached hydrogen (secondary N) is 1. The number of methoxy groups -OCH3 is 1. The predicted molar refractivity (Wildman–Crippen MR) is 77.4 cm³/mol. The van der Waals surface area contributed by atoms with Crippen LogP contribution >= 0.6 is 0 Å². The van der Waals surface area contributed by atoms with Gasteiger partial charge in [-0.25, -0.2) is 0 Å². The molecule has 0 bridgehead atoms. The van der Waals surface area contributed by atoms with Crippen LogP contribution in [0.15, 0.2) is 0 Å². The van der Waals surface area contributed by atoms with Crippen molar-refractivity contribution < 1.29 is 14.6 Å². The fraction of sp³-hybridized carbons (Fsp3) is 1.00. The van der Waals surface area contributed by atoms with Crippen molar-refractivity contribution in [1.29, 1.82) is 0 Å². The van der Waals surface area contributed by atoms with Crippen molar-refractivity contribution in [3.05, 3.63) is 0 Å². The molecular weight excluding hydrogens is 242 g/mol. The summed E-state index contributed by atoms with van der Waals surface area (Å²) in [6.45, 7) is 4.43. The lowest BCUT2D eigenvalue weighted by Crippen LogP contribution is -2.39. The fourth-order valence-corrected chi connectivity index (χ4v) is 2.79. The molecule has 0 aromatic heterocycles. The van der Waals surface area contributed by atoms with Crippen molar-refractivity contribution in [2.45, 2.75) is 57.6 Å². The molecule has 0 aromatic carbocycles. The Labute approximate surface area is 117 Å². The van der Waals surface area contributed by atoms with E-state index in [0.717, 1.165) is 5.92 Å². The standard InChI is InChI=1S/C15H31NO3/c1-3-4-13-5-7-14(8-6-13)16-11-15(17)12-19-10-9-18-2/h13-17H,3-12H2,1-2H3. The minimum Gasteiger partial charge on any atom is -0.389 e. The average Bonchev–Trinajstić information content (AvgIpc) is 2.43. The van der Waals surface area contributed by atoms with Gasteiger partial charge in [0.25, 0.3) is 0 Å². The molecule has 4 heteroatoms. The monoisotopic (exact) mass is 273 g/mol. The van der Waals surface area contributed by atoms with Crippen LogP contribution < -0.4 is 5.32 Å². The molecule has 1 atom stereocenters. The molecule has 4 nitrogen and oxygen atoms in total. The van der Waals surface area contributed by atoms with E-state index in [1.165, 1.54) is 38.5 Å². The van der Waals surface area contributed by atoms with Gasteiger partial charge in [-0.05, 0) is 31.6 Å². The van der Waals surface area contributed by atoms with E-state index >= 15 is 0 Å². The molecule has 1 unspecified atom stereocenters. The molecule has 0 aromatic rings. The van der Waals surface area contributed by atoms with Crippen molar-refractivity contribution in [3.63, 3.8) is 0 Å². The first kappa shape index (κ1) is 16.9. The van der Waals surface area contributed by atoms with Gasteiger partial charge < -0.3 is 19.9 Å². The van der Waals surface area contributed by atoms with E-state index < -0.39 is 6.10 Å². The van der Waals surface area contributed by atoms with E-state index in [0.29, 0.717) is 32.4 Å². The summed E-state index contributed by atoms with van der Waals surface area (Å²) in [4.78, 5) is 0. The van der Waals surface area contributed by atoms with Gasteiger partial charge in [0.15, 0.2) is 0 Å². The SMILES string of the molecule is CCCC1CCC(NCC(O)COCCOC)CC1. The molecule has 1 aliphatic carbocycles. The lowest BCUT2D eigenvalue weighted by atomic mass is 9.83. The van der Waals surface area contributed by atoms with Crippen molar-refractivity contribution in [2.75, 3.05) is 33.5 Å². The number of rotatable bonds is 10. The maximum Gasteiger partial charge on any atom is 0.0897 e. The van der Waals surface area contributed by atoms with E-state index in [9.17, 15) is 5.11 Å². The van der Waals surface area contributed by atoms with Crippen LogP contribution in [0, 0.1) is 5.92 Å². The molecule has 0 spiro atoms. The molecule has 1 aliphatic rings. The summed E-state index contributed by atoms with van der Waals surface area (Å²) in [5.74, 6) is 0.936. The Morgan fingerprint density at radius 2 is 1.95 bits per heavy atom. The van der Waals surface area contributed by atoms with Crippen molar-refractivity contribution in [2.24, 2.45) is 5.92 Å². The lowest BCUT2D eigenvalue weighted by Gasteiger charge is -2.29. The van der Waals surface area contributed by atoms with Gasteiger partial charge in [-0.15, -0.1) is 0 Å². The summed E-state index contributed by atoms with van der Waals surface area (Å²) in [5.41, 5.74) is 0. The Balaban J connectivity index is 2.00. The minimum atomic E-state index is -0.412. The maximum absolute atomic E-state index is 9.79. The molecule has 0 aliphatic heterocycles. The largest absolute Gasteiger partial charge is 0.389 e. The van der Waals surface area contributed by atoms with Crippen molar-refractivity contribution in [1.82, 2.24) is 5.32 Å². The van der Waals surface area contributed by atoms with Crippen LogP contribution in [0.5, 0.6) is 0 Å². The molecule has 0 saturated heterocycles. The summed E-state index contributed by atoms with van der Waals surface area (Å²) >= 11 is 0. The second-order valence-electron chi connectivity index (χ2n) is 5.64. The first-order chi connectivity index (χ1) is 9.26. The normalized spacial score (nSPS) is 25.4. The topological polar surface area (TPSA) is 50.7 Å². The van der Waals surface area contributed by atoms with E-state index in [1.54, 1.807) is 7.11 Å². The number of ether oxygens (including phenoxy) is 2. The molecule has 0 amide bonds. The number of hydrogen-bond donors (Lipinski definition) is 2. The summed E-state index contributed by atoms with van der Waals surface area (Å²) in [6, 6.07) is 0.585. The Morgan fingerprint density at radius 1 is 1.21 bits per heavy atom. The van der Waals surface area contributed by atoms with Crippen LogP contribution in [-0.4, -0.2) is 50.7 Å². The van der Waals surface area contributed by atoms with Gasteiger partial charge in [0.05, 0.1) is 25.9 Å². The third kappa shape index (κ3) is 7.88. The van der Waals surface area contributed by atoms with E-state index in [-0.39, 0.29) is 0 Å². The smallest absolute Gasteiger partial charge is 0.0897 e. The molecule has 1 fully saturated rings. The van der Waals surface area contributed by atoms with Crippen LogP contribution in [0.4, 0.5) is 0 Å². The van der Waals surface area contributed by atoms with Crippen molar-refractivity contribution in [3.8, 4) is 0 Å². The molecule has 2 N–H and O–H groups in total. The van der Waals surface area contributed by atoms with Gasteiger partial charge in [-0.3, -0.25) is 0 Å². The Kier molecular flexibility index (Phi) is 9.43. The third-order valence-corrected chi connectivity index (χ3v) is 3.93. The lowest BCUT2D eigenvalue weighted by molar-refractivity contribution is 0.0123. The number of aliphatic hydroxyl groups excluding tert-OH is 1. The highest BCUT2D eigenvalue weighted by molar-refractivity contribution is 4.77. The average molecular weight is 273 g/mol. The Hall–Kier alpha value is -0.160. The molecule has 1 rings (SSSR count). The van der Waals surface area contributed by atoms with Crippen LogP contribution in [0.3, 0.4) is 0 Å². The van der Waals surface area contributed by atoms with E-state index in [1.807, 2.05) is 0 Å². The molecule has 114 valence electrons. The summed E-state index contributed by atoms with van der Waals surface area (Å²) < 4.78 is 10.2. The zero-order chi connectivity index (χ0) is 13.9. The van der Waals surface area contributed by atoms with Gasteiger partial charge in [-0.2, -0.15) is 0 Å². The van der Waals surface area contributed by atoms with Gasteiger partial charge >= 0.3 is 0 Å². The number of hydrogen-bond acceptors (Lipinski definition) is 4. The van der Waals surface area contributed by atoms with E-state index in [4.69, 9.17) is 9.47 Å². The Bertz CT molecular complexity index is 206. The second-order valence-corrected chi connectivity index (χ2v) is 5.64. The molecule has 0 heterocycles. The highest BCUT2D eigenvalue weighted by Crippen LogP contribution is 2.27. The number of aliphatic hydroxyl groups is 1. The summed E-state index contributed by atoms with van der Waals surface area (Å²) in [5, 5.41) is 13.3. The van der Waals surface area contributed by atoms with Crippen LogP contribution in [0.2, 0.25) is 0 Å². The zero-order valence-corrected chi connectivity index (χ0v) is 12.6. The van der Waals surface area contributed by atoms with Gasteiger partial charge in [0.2, 0.25) is 0 Å². The predicted octanol–water partition coefficient (Wildman–Crippen LogP) is 1.96. The highest BCUT2D eigenvalue weighted by Gasteiger charge is 2.20. The van der Waals surface area contributed by atoms with Gasteiger partial charge in [0, 0.05) is 19.7 Å². The Morgan fingerprint density at radius 3 is 2.58 bits per heavy atom. The third-order valence-electron chi connectivity index (χ3n) is 3.93. The van der Waals surface area contributed by atoms with Crippen LogP contribution in [0.25, 0.3) is 0 Å². The molecular formula is C15H31NO3. The maximum atomic E-state index is 9.79. The first-order valence-corrected chi connectivity index (χ1v) is 7.74. The summed E-state index contributed by atoms with van der Waals surface area (Å²) in [6.07, 6.45) is 7.45. The van der Waals surface area contributed by atoms with Gasteiger partial charge in [-0.1, -0.05) is 19.8 Å². The van der Waals surface area contributed by atoms with Crippen LogP contribution in [0.1, 0.15) is 45.4 Å². The molecule has 19 heavy (non-hydrogen) atoms. The fourth-order valence-electron chi connectivity index (χ4n) is 2.79. The van der Waals surface area contributed by atoms with Crippen LogP contribution in [-0.2, 0) is 9.47 Å². The molecule has 0 radical (unpaired) electrons. The van der Waals surface area contributed by atoms with Crippen molar-refractivity contribution >= 4 is 0 Å². The quantitative estimate of drug-likeness (QED) is 0.597. The first-order valence-electron chi connectivity index (χ1n) is 7.74. The summed E-state index contributed by atoms with van der Waals surface area (Å²) in [7, 11) is 1.65. The van der Waals surface area contributed by atoms with E-state index in [2.05, 4.69) is 12.2 Å². The minimum absolute atomic E-state index is 0.390. The zero-order valence-electron chi connectivity index (χ0n) is 12.6. The van der Waals surface area contributed by atoms with Gasteiger partial charge in [0.1, 0.15) is 0 Å².